The summed E-state index contributed by atoms with van der Waals surface area (Å²) in [6, 6.07) is 0. The summed E-state index contributed by atoms with van der Waals surface area (Å²) < 4.78 is 8.55. The fraction of sp³-hybridized carbons (Fsp3) is 1.00. The second kappa shape index (κ2) is 5.21. The van der Waals surface area contributed by atoms with Gasteiger partial charge in [-0.15, -0.1) is 0 Å². The van der Waals surface area contributed by atoms with Gasteiger partial charge in [0.15, 0.2) is 0 Å². The van der Waals surface area contributed by atoms with E-state index >= 15 is 0 Å². The van der Waals surface area contributed by atoms with Gasteiger partial charge in [0.2, 0.25) is 0 Å². The van der Waals surface area contributed by atoms with Crippen LogP contribution in [0.25, 0.3) is 0 Å². The lowest BCUT2D eigenvalue weighted by Gasteiger charge is -2.36. The molecule has 0 unspecified atom stereocenters. The first-order chi connectivity index (χ1) is 3.41. The number of phosphoric acid groups is 1. The standard InChI is InChI=1S/C2H6O.H3O4P/c1-2-3;1-5(2,3)4/h3H,2H2,1H3;(H3,1,2,3,4)/p-3. The smallest absolute Gasteiger partial charge is 0.0402 e. The Morgan fingerprint density at radius 1 is 1.50 bits per heavy atom. The van der Waals surface area contributed by atoms with Crippen LogP contribution in [0.4, 0.5) is 0 Å². The first-order valence-electron chi connectivity index (χ1n) is 1.75. The molecule has 0 aromatic rings. The normalized spacial score (nSPS) is 9.62. The molecule has 0 amide bonds. The van der Waals surface area contributed by atoms with E-state index in [2.05, 4.69) is 0 Å². The molecule has 0 saturated carbocycles. The van der Waals surface area contributed by atoms with Crippen molar-refractivity contribution in [3.8, 4) is 0 Å². The Kier molecular flexibility index (Phi) is 7.13. The van der Waals surface area contributed by atoms with Crippen LogP contribution in [0.5, 0.6) is 0 Å². The molecule has 0 spiro atoms. The SMILES string of the molecule is CCO.O=P([O-])([O-])[O-]. The number of aliphatic hydroxyl groups is 1. The molecule has 0 aromatic carbocycles. The molecule has 0 bridgehead atoms. The first-order valence-corrected chi connectivity index (χ1v) is 3.21. The van der Waals surface area contributed by atoms with Gasteiger partial charge in [0.25, 0.3) is 0 Å². The van der Waals surface area contributed by atoms with Gasteiger partial charge in [0.05, 0.1) is 0 Å². The van der Waals surface area contributed by atoms with Crippen molar-refractivity contribution in [1.82, 2.24) is 0 Å². The molecule has 0 atom stereocenters. The summed E-state index contributed by atoms with van der Waals surface area (Å²) in [7, 11) is -5.39. The Bertz CT molecular complexity index is 66.2. The Morgan fingerprint density at radius 2 is 1.50 bits per heavy atom. The zero-order chi connectivity index (χ0) is 7.21. The summed E-state index contributed by atoms with van der Waals surface area (Å²) in [5.41, 5.74) is 0. The van der Waals surface area contributed by atoms with Crippen LogP contribution in [-0.2, 0) is 4.57 Å². The van der Waals surface area contributed by atoms with Gasteiger partial charge in [-0.05, 0) is 6.92 Å². The van der Waals surface area contributed by atoms with Crippen LogP contribution in [-0.4, -0.2) is 11.7 Å². The molecule has 0 rings (SSSR count). The highest BCUT2D eigenvalue weighted by Crippen LogP contribution is 2.03. The Morgan fingerprint density at radius 3 is 1.50 bits per heavy atom. The molecular weight excluding hydrogens is 135 g/mol. The lowest BCUT2D eigenvalue weighted by atomic mass is 10.9. The molecule has 52 valence electrons. The number of rotatable bonds is 0. The Labute approximate surface area is 46.8 Å². The molecule has 0 heterocycles. The molecule has 8 heavy (non-hydrogen) atoms. The minimum absolute atomic E-state index is 0.250. The van der Waals surface area contributed by atoms with Crippen LogP contribution in [0.15, 0.2) is 0 Å². The second-order valence-electron chi connectivity index (χ2n) is 0.763. The van der Waals surface area contributed by atoms with E-state index in [1.165, 1.54) is 0 Å². The van der Waals surface area contributed by atoms with E-state index in [1.54, 1.807) is 6.92 Å². The van der Waals surface area contributed by atoms with Crippen LogP contribution < -0.4 is 14.7 Å². The van der Waals surface area contributed by atoms with Crippen molar-refractivity contribution < 1.29 is 24.4 Å². The Hall–Kier alpha value is 0.0700. The van der Waals surface area contributed by atoms with E-state index in [-0.39, 0.29) is 6.61 Å². The molecular formula is C2H6O5P-3. The highest BCUT2D eigenvalue weighted by molar-refractivity contribution is 7.40. The third-order valence-electron chi connectivity index (χ3n) is 0. The van der Waals surface area contributed by atoms with Crippen molar-refractivity contribution >= 4 is 7.82 Å². The fourth-order valence-corrected chi connectivity index (χ4v) is 0. The molecule has 0 aliphatic carbocycles. The summed E-state index contributed by atoms with van der Waals surface area (Å²) in [5.74, 6) is 0. The van der Waals surface area contributed by atoms with E-state index < -0.39 is 7.82 Å². The second-order valence-corrected chi connectivity index (χ2v) is 1.66. The van der Waals surface area contributed by atoms with Gasteiger partial charge >= 0.3 is 0 Å². The van der Waals surface area contributed by atoms with Crippen molar-refractivity contribution in [1.29, 1.82) is 0 Å². The lowest BCUT2D eigenvalue weighted by Crippen LogP contribution is -2.24. The summed E-state index contributed by atoms with van der Waals surface area (Å²) >= 11 is 0. The van der Waals surface area contributed by atoms with Gasteiger partial charge in [0, 0.05) is 6.61 Å². The van der Waals surface area contributed by atoms with Crippen molar-refractivity contribution in [2.45, 2.75) is 6.92 Å². The first kappa shape index (κ1) is 10.9. The van der Waals surface area contributed by atoms with Crippen LogP contribution in [0.3, 0.4) is 0 Å². The van der Waals surface area contributed by atoms with E-state index in [0.29, 0.717) is 0 Å². The summed E-state index contributed by atoms with van der Waals surface area (Å²) in [6.45, 7) is 1.93. The predicted octanol–water partition coefficient (Wildman–Crippen LogP) is -2.83. The largest absolute Gasteiger partial charge is 0.822 e. The Balaban J connectivity index is 0. The highest BCUT2D eigenvalue weighted by atomic mass is 31.2. The lowest BCUT2D eigenvalue weighted by molar-refractivity contribution is -0.432. The molecule has 0 radical (unpaired) electrons. The van der Waals surface area contributed by atoms with Crippen LogP contribution >= 0.6 is 7.82 Å². The van der Waals surface area contributed by atoms with Crippen molar-refractivity contribution in [3.05, 3.63) is 0 Å². The maximum absolute atomic E-state index is 8.55. The van der Waals surface area contributed by atoms with Crippen molar-refractivity contribution in [3.63, 3.8) is 0 Å². The van der Waals surface area contributed by atoms with E-state index in [0.717, 1.165) is 0 Å². The van der Waals surface area contributed by atoms with Gasteiger partial charge in [-0.3, -0.25) is 0 Å². The topological polar surface area (TPSA) is 106 Å². The summed E-state index contributed by atoms with van der Waals surface area (Å²) in [4.78, 5) is 25.6. The molecule has 1 N–H and O–H groups in total. The number of aliphatic hydroxyl groups excluding tert-OH is 1. The zero-order valence-corrected chi connectivity index (χ0v) is 5.13. The average molecular weight is 141 g/mol. The molecule has 0 aliphatic heterocycles. The van der Waals surface area contributed by atoms with Gasteiger partial charge in [0.1, 0.15) is 0 Å². The molecule has 0 saturated heterocycles. The maximum Gasteiger partial charge on any atom is 0.0402 e. The zero-order valence-electron chi connectivity index (χ0n) is 4.23. The predicted molar refractivity (Wildman–Crippen MR) is 20.4 cm³/mol. The molecule has 5 nitrogen and oxygen atoms in total. The van der Waals surface area contributed by atoms with Crippen LogP contribution in [0, 0.1) is 0 Å². The van der Waals surface area contributed by atoms with Gasteiger partial charge in [-0.2, -0.15) is 7.82 Å². The molecule has 6 heteroatoms. The van der Waals surface area contributed by atoms with E-state index in [4.69, 9.17) is 24.4 Å². The van der Waals surface area contributed by atoms with Gasteiger partial charge in [-0.25, -0.2) is 0 Å². The van der Waals surface area contributed by atoms with E-state index in [1.807, 2.05) is 0 Å². The summed E-state index contributed by atoms with van der Waals surface area (Å²) in [6.07, 6.45) is 0. The van der Waals surface area contributed by atoms with Gasteiger partial charge < -0.3 is 24.4 Å². The van der Waals surface area contributed by atoms with Crippen LogP contribution in [0.2, 0.25) is 0 Å². The minimum atomic E-state index is -5.39. The van der Waals surface area contributed by atoms with Crippen LogP contribution in [0.1, 0.15) is 6.92 Å². The van der Waals surface area contributed by atoms with Gasteiger partial charge in [-0.1, -0.05) is 0 Å². The monoisotopic (exact) mass is 141 g/mol. The minimum Gasteiger partial charge on any atom is -0.822 e. The number of hydrogen-bond donors (Lipinski definition) is 1. The quantitative estimate of drug-likeness (QED) is 0.366. The summed E-state index contributed by atoms with van der Waals surface area (Å²) in [5, 5.41) is 7.57. The maximum atomic E-state index is 8.55. The third kappa shape index (κ3) is 31800. The number of hydrogen-bond acceptors (Lipinski definition) is 5. The van der Waals surface area contributed by atoms with Crippen molar-refractivity contribution in [2.75, 3.05) is 6.61 Å². The average Bonchev–Trinajstić information content (AvgIpc) is 1.27. The fourth-order valence-electron chi connectivity index (χ4n) is 0. The molecule has 0 aliphatic rings. The molecule has 0 fully saturated rings. The molecule has 0 aromatic heterocycles. The third-order valence-corrected chi connectivity index (χ3v) is 0. The van der Waals surface area contributed by atoms with Crippen molar-refractivity contribution in [2.24, 2.45) is 0 Å². The van der Waals surface area contributed by atoms with E-state index in [9.17, 15) is 0 Å². The highest BCUT2D eigenvalue weighted by Gasteiger charge is 1.44.